The highest BCUT2D eigenvalue weighted by Gasteiger charge is 2.42. The highest BCUT2D eigenvalue weighted by molar-refractivity contribution is 7.66. The summed E-state index contributed by atoms with van der Waals surface area (Å²) in [5.41, 5.74) is -0.530. The fourth-order valence-electron chi connectivity index (χ4n) is 2.93. The lowest BCUT2D eigenvalue weighted by molar-refractivity contribution is -0.0450. The average Bonchev–Trinajstić information content (AvgIpc) is 3.15. The molecule has 2 aromatic rings. The molecule has 2 heterocycles. The number of ether oxygens (including phenoxy) is 1. The number of hydrogen-bond donors (Lipinski definition) is 8. The Labute approximate surface area is 218 Å². The Hall–Kier alpha value is -2.50. The molecule has 3 rings (SSSR count). The van der Waals surface area contributed by atoms with Gasteiger partial charge >= 0.3 is 35.3 Å². The Morgan fingerprint density at radius 3 is 2.26 bits per heavy atom. The zero-order chi connectivity index (χ0) is 29.4. The minimum Gasteiger partial charge on any atom is -0.465 e. The van der Waals surface area contributed by atoms with Crippen LogP contribution in [0.4, 0.5) is 4.79 Å². The maximum Gasteiger partial charge on any atom is 0.490 e. The molecular formula is C17H24N3O16P3. The fourth-order valence-corrected chi connectivity index (χ4v) is 5.96. The molecule has 0 saturated carbocycles. The molecule has 39 heavy (non-hydrogen) atoms. The van der Waals surface area contributed by atoms with Crippen LogP contribution < -0.4 is 16.6 Å². The normalized spacial score (nSPS) is 22.1. The quantitative estimate of drug-likeness (QED) is 0.162. The van der Waals surface area contributed by atoms with Crippen LogP contribution in [0.25, 0.3) is 0 Å². The lowest BCUT2D eigenvalue weighted by Gasteiger charge is -2.19. The van der Waals surface area contributed by atoms with Gasteiger partial charge in [0, 0.05) is 25.2 Å². The van der Waals surface area contributed by atoms with Gasteiger partial charge in [-0.3, -0.25) is 18.9 Å². The number of carboxylic acid groups (broad SMARTS) is 1. The largest absolute Gasteiger partial charge is 0.490 e. The average molecular weight is 619 g/mol. The van der Waals surface area contributed by atoms with Gasteiger partial charge in [0.1, 0.15) is 12.3 Å². The van der Waals surface area contributed by atoms with Crippen molar-refractivity contribution in [1.29, 1.82) is 0 Å². The summed E-state index contributed by atoms with van der Waals surface area (Å²) in [4.78, 5) is 70.0. The van der Waals surface area contributed by atoms with E-state index in [0.29, 0.717) is 6.54 Å². The predicted molar refractivity (Wildman–Crippen MR) is 127 cm³/mol. The van der Waals surface area contributed by atoms with Crippen LogP contribution in [-0.2, 0) is 38.1 Å². The summed E-state index contributed by atoms with van der Waals surface area (Å²) in [6.45, 7) is -0.504. The van der Waals surface area contributed by atoms with Crippen LogP contribution in [-0.4, -0.2) is 64.2 Å². The lowest BCUT2D eigenvalue weighted by Crippen LogP contribution is -2.31. The van der Waals surface area contributed by atoms with Gasteiger partial charge < -0.3 is 39.8 Å². The number of aromatic amines is 1. The standard InChI is InChI=1S/C9H15N2O14P3.C8H9NO2/c12-5-3-8(11-2-1-7(13)10-9(11)14)23-6(5)4-22-27(18,19)25-28(20,21)24-26(15,16)17;10-8(11)9-6-7-4-2-1-3-5-7/h1-2,5-6,8,12H,3-4H2,(H,18,19)(H,20,21)(H,10,13,14)(H2,15,16,17);1-5,9H,6H2,(H,10,11)/t5-,6+,8+;/m0./s1. The molecule has 0 bridgehead atoms. The van der Waals surface area contributed by atoms with E-state index in [-0.39, 0.29) is 6.42 Å². The Balaban J connectivity index is 0.000000404. The molecule has 1 saturated heterocycles. The summed E-state index contributed by atoms with van der Waals surface area (Å²) < 4.78 is 51.0. The number of aliphatic hydroxyl groups excluding tert-OH is 1. The van der Waals surface area contributed by atoms with Gasteiger partial charge in [-0.25, -0.2) is 23.3 Å². The van der Waals surface area contributed by atoms with E-state index in [0.717, 1.165) is 22.4 Å². The molecular weight excluding hydrogens is 595 g/mol. The molecule has 1 amide bonds. The monoisotopic (exact) mass is 619 g/mol. The lowest BCUT2D eigenvalue weighted by atomic mass is 10.2. The number of carbonyl (C=O) groups is 1. The molecule has 5 atom stereocenters. The van der Waals surface area contributed by atoms with E-state index < -0.39 is 65.9 Å². The zero-order valence-corrected chi connectivity index (χ0v) is 22.1. The van der Waals surface area contributed by atoms with Crippen LogP contribution >= 0.6 is 23.5 Å². The first-order valence-electron chi connectivity index (χ1n) is 10.4. The minimum atomic E-state index is -5.67. The van der Waals surface area contributed by atoms with E-state index in [4.69, 9.17) is 24.5 Å². The van der Waals surface area contributed by atoms with E-state index >= 15 is 0 Å². The van der Waals surface area contributed by atoms with Crippen molar-refractivity contribution in [2.24, 2.45) is 0 Å². The van der Waals surface area contributed by atoms with Crippen LogP contribution in [0.5, 0.6) is 0 Å². The summed E-state index contributed by atoms with van der Waals surface area (Å²) in [6.07, 6.45) is -3.73. The number of aliphatic hydroxyl groups is 1. The molecule has 1 fully saturated rings. The summed E-state index contributed by atoms with van der Waals surface area (Å²) >= 11 is 0. The molecule has 1 aromatic heterocycles. The third-order valence-electron chi connectivity index (χ3n) is 4.47. The van der Waals surface area contributed by atoms with Crippen molar-refractivity contribution in [3.05, 3.63) is 69.0 Å². The molecule has 2 unspecified atom stereocenters. The van der Waals surface area contributed by atoms with Crippen LogP contribution in [0.1, 0.15) is 18.2 Å². The number of nitrogens with zero attached hydrogens (tertiary/aromatic N) is 1. The van der Waals surface area contributed by atoms with Crippen molar-refractivity contribution < 1.29 is 66.2 Å². The van der Waals surface area contributed by atoms with E-state index in [1.54, 1.807) is 0 Å². The number of H-pyrrole nitrogens is 1. The second-order valence-electron chi connectivity index (χ2n) is 7.48. The van der Waals surface area contributed by atoms with Gasteiger partial charge in [0.15, 0.2) is 0 Å². The highest BCUT2D eigenvalue weighted by Crippen LogP contribution is 2.66. The molecule has 1 aromatic carbocycles. The molecule has 0 aliphatic carbocycles. The topological polar surface area (TPSA) is 293 Å². The van der Waals surface area contributed by atoms with Gasteiger partial charge in [-0.1, -0.05) is 30.3 Å². The third kappa shape index (κ3) is 12.0. The first-order valence-corrected chi connectivity index (χ1v) is 14.9. The van der Waals surface area contributed by atoms with Gasteiger partial charge in [0.05, 0.1) is 12.7 Å². The third-order valence-corrected chi connectivity index (χ3v) is 8.27. The van der Waals surface area contributed by atoms with Crippen LogP contribution in [0, 0.1) is 0 Å². The maximum absolute atomic E-state index is 11.7. The Kier molecular flexibility index (Phi) is 11.5. The highest BCUT2D eigenvalue weighted by atomic mass is 31.3. The van der Waals surface area contributed by atoms with Crippen LogP contribution in [0.2, 0.25) is 0 Å². The van der Waals surface area contributed by atoms with E-state index in [1.807, 2.05) is 35.3 Å². The van der Waals surface area contributed by atoms with Crippen molar-refractivity contribution in [2.75, 3.05) is 6.61 Å². The Bertz CT molecular complexity index is 1370. The number of amides is 1. The maximum atomic E-state index is 11.7. The number of benzene rings is 1. The number of phosphoric acid groups is 3. The first kappa shape index (κ1) is 32.7. The number of phosphoric ester groups is 1. The summed E-state index contributed by atoms with van der Waals surface area (Å²) in [5, 5.41) is 20.5. The summed E-state index contributed by atoms with van der Waals surface area (Å²) in [7, 11) is -16.6. The molecule has 8 N–H and O–H groups in total. The van der Waals surface area contributed by atoms with E-state index in [1.165, 1.54) is 0 Å². The molecule has 22 heteroatoms. The predicted octanol–water partition coefficient (Wildman–Crippen LogP) is -0.0175. The van der Waals surface area contributed by atoms with Crippen LogP contribution in [0.15, 0.2) is 52.2 Å². The second-order valence-corrected chi connectivity index (χ2v) is 11.9. The van der Waals surface area contributed by atoms with E-state index in [9.17, 15) is 38.1 Å². The first-order chi connectivity index (χ1) is 18.0. The number of nitrogens with one attached hydrogen (secondary N) is 2. The molecule has 1 aliphatic rings. The fraction of sp³-hybridized carbons (Fsp3) is 0.353. The number of hydrogen-bond acceptors (Lipinski definition) is 11. The van der Waals surface area contributed by atoms with Gasteiger partial charge in [0.25, 0.3) is 5.56 Å². The van der Waals surface area contributed by atoms with Crippen molar-refractivity contribution in [3.63, 3.8) is 0 Å². The Morgan fingerprint density at radius 2 is 1.69 bits per heavy atom. The van der Waals surface area contributed by atoms with Crippen molar-refractivity contribution >= 4 is 29.6 Å². The van der Waals surface area contributed by atoms with Crippen molar-refractivity contribution in [1.82, 2.24) is 14.9 Å². The van der Waals surface area contributed by atoms with Crippen molar-refractivity contribution in [3.8, 4) is 0 Å². The Morgan fingerprint density at radius 1 is 1.05 bits per heavy atom. The molecule has 0 spiro atoms. The molecule has 1 aliphatic heterocycles. The molecule has 19 nitrogen and oxygen atoms in total. The summed E-state index contributed by atoms with van der Waals surface area (Å²) in [5.74, 6) is 0. The summed E-state index contributed by atoms with van der Waals surface area (Å²) in [6, 6.07) is 10.4. The minimum absolute atomic E-state index is 0.170. The SMILES string of the molecule is O=C(O)NCc1ccccc1.O=c1ccn([C@H]2C[C@H](O)[C@@H](COP(=O)(O)OP(=O)(O)OP(=O)(O)O)O2)c(=O)[nH]1. The van der Waals surface area contributed by atoms with Gasteiger partial charge in [-0.15, -0.1) is 0 Å². The second kappa shape index (κ2) is 13.7. The van der Waals surface area contributed by atoms with Crippen LogP contribution in [0.3, 0.4) is 0 Å². The van der Waals surface area contributed by atoms with Gasteiger partial charge in [-0.05, 0) is 5.56 Å². The number of aromatic nitrogens is 2. The van der Waals surface area contributed by atoms with Crippen molar-refractivity contribution in [2.45, 2.75) is 31.4 Å². The smallest absolute Gasteiger partial charge is 0.465 e. The molecule has 218 valence electrons. The number of rotatable bonds is 10. The van der Waals surface area contributed by atoms with Gasteiger partial charge in [0.2, 0.25) is 0 Å². The van der Waals surface area contributed by atoms with Gasteiger partial charge in [-0.2, -0.15) is 8.62 Å². The zero-order valence-electron chi connectivity index (χ0n) is 19.4. The van der Waals surface area contributed by atoms with E-state index in [2.05, 4.69) is 18.5 Å². The molecule has 0 radical (unpaired) electrons.